The van der Waals surface area contributed by atoms with Gasteiger partial charge in [-0.1, -0.05) is 11.6 Å². The number of benzene rings is 1. The van der Waals surface area contributed by atoms with E-state index in [2.05, 4.69) is 21.0 Å². The molecule has 0 fully saturated rings. The first kappa shape index (κ1) is 19.7. The average molecular weight is 448 g/mol. The normalized spacial score (nSPS) is 11.9. The van der Waals surface area contributed by atoms with E-state index < -0.39 is 34.2 Å². The van der Waals surface area contributed by atoms with E-state index in [4.69, 9.17) is 16.3 Å². The number of esters is 1. The van der Waals surface area contributed by atoms with Gasteiger partial charge in [-0.05, 0) is 41.9 Å². The number of ether oxygens (including phenoxy) is 1. The van der Waals surface area contributed by atoms with Crippen LogP contribution in [0.1, 0.15) is 29.9 Å². The molecule has 0 amide bonds. The predicted molar refractivity (Wildman–Crippen MR) is 86.9 cm³/mol. The minimum Gasteiger partial charge on any atom is -0.459 e. The Balaban J connectivity index is 2.63. The van der Waals surface area contributed by atoms with Gasteiger partial charge < -0.3 is 4.74 Å². The van der Waals surface area contributed by atoms with Crippen LogP contribution >= 0.6 is 27.5 Å². The number of carbonyl (C=O) groups is 1. The maximum atomic E-state index is 14.3. The molecule has 10 heteroatoms. The quantitative estimate of drug-likeness (QED) is 0.478. The van der Waals surface area contributed by atoms with E-state index in [1.807, 2.05) is 0 Å². The zero-order valence-corrected chi connectivity index (χ0v) is 15.6. The fraction of sp³-hybridized carbons (Fsp3) is 0.333. The summed E-state index contributed by atoms with van der Waals surface area (Å²) in [5.41, 5.74) is -1.86. The lowest BCUT2D eigenvalue weighted by atomic mass is 10.2. The third-order valence-corrected chi connectivity index (χ3v) is 4.20. The SMILES string of the molecule is CC(C)OC(=O)c1cc(-[14c]2nn(C)c(C(F)(F)F)[14c]2Br)c(F)cc1Cl. The molecule has 0 saturated heterocycles. The molecule has 0 saturated carbocycles. The van der Waals surface area contributed by atoms with Crippen LogP contribution in [-0.2, 0) is 18.0 Å². The highest BCUT2D eigenvalue weighted by molar-refractivity contribution is 9.10. The van der Waals surface area contributed by atoms with Gasteiger partial charge in [0, 0.05) is 12.6 Å². The fourth-order valence-corrected chi connectivity index (χ4v) is 3.14. The summed E-state index contributed by atoms with van der Waals surface area (Å²) in [6.45, 7) is 3.22. The minimum absolute atomic E-state index is 0.169. The molecular formula is C15H12BrClF4N2O2. The first-order valence-corrected chi connectivity index (χ1v) is 8.10. The van der Waals surface area contributed by atoms with Crippen molar-refractivity contribution < 1.29 is 27.1 Å². The van der Waals surface area contributed by atoms with Crippen molar-refractivity contribution in [3.63, 3.8) is 0 Å². The van der Waals surface area contributed by atoms with Crippen LogP contribution in [0.4, 0.5) is 17.6 Å². The highest BCUT2D eigenvalue weighted by atomic mass is 79.9. The van der Waals surface area contributed by atoms with E-state index in [-0.39, 0.29) is 21.8 Å². The lowest BCUT2D eigenvalue weighted by Gasteiger charge is -2.11. The number of aromatic nitrogens is 2. The Morgan fingerprint density at radius 1 is 1.40 bits per heavy atom. The minimum atomic E-state index is -4.69. The topological polar surface area (TPSA) is 44.1 Å². The number of alkyl halides is 3. The lowest BCUT2D eigenvalue weighted by molar-refractivity contribution is -0.144. The van der Waals surface area contributed by atoms with Crippen molar-refractivity contribution in [1.29, 1.82) is 0 Å². The molecule has 0 atom stereocenters. The Hall–Kier alpha value is -1.61. The number of halogens is 6. The van der Waals surface area contributed by atoms with Gasteiger partial charge in [-0.2, -0.15) is 18.3 Å². The van der Waals surface area contributed by atoms with Gasteiger partial charge >= 0.3 is 12.1 Å². The molecule has 0 aliphatic rings. The zero-order chi connectivity index (χ0) is 19.1. The number of carbonyl (C=O) groups excluding carboxylic acids is 1. The van der Waals surface area contributed by atoms with Crippen LogP contribution in [0.25, 0.3) is 11.3 Å². The van der Waals surface area contributed by atoms with Crippen LogP contribution < -0.4 is 0 Å². The number of rotatable bonds is 3. The standard InChI is InChI=1S/C15H12BrClF4N2O2/c1-6(2)25-14(24)7-4-8(10(18)5-9(7)17)12-11(16)13(15(19,20)21)23(3)22-12/h4-6H,1-3H3/i11+2,12+2. The second-order valence-corrected chi connectivity index (χ2v) is 6.60. The van der Waals surface area contributed by atoms with Gasteiger partial charge in [0.1, 0.15) is 11.5 Å². The summed E-state index contributed by atoms with van der Waals surface area (Å²) in [5, 5.41) is 3.50. The summed E-state index contributed by atoms with van der Waals surface area (Å²) in [7, 11) is 1.08. The van der Waals surface area contributed by atoms with Crippen LogP contribution in [0.5, 0.6) is 0 Å². The summed E-state index contributed by atoms with van der Waals surface area (Å²) >= 11 is 8.67. The van der Waals surface area contributed by atoms with E-state index in [0.29, 0.717) is 4.68 Å². The van der Waals surface area contributed by atoms with Crippen LogP contribution in [0, 0.1) is 5.82 Å². The van der Waals surface area contributed by atoms with Gasteiger partial charge in [0.05, 0.1) is 21.2 Å². The van der Waals surface area contributed by atoms with Gasteiger partial charge in [-0.3, -0.25) is 4.68 Å². The average Bonchev–Trinajstić information content (AvgIpc) is 2.72. The van der Waals surface area contributed by atoms with Crippen molar-refractivity contribution in [1.82, 2.24) is 9.78 Å². The molecule has 1 aromatic heterocycles. The largest absolute Gasteiger partial charge is 0.459 e. The molecule has 1 aromatic carbocycles. The third kappa shape index (κ3) is 3.98. The van der Waals surface area contributed by atoms with Crippen molar-refractivity contribution in [2.24, 2.45) is 7.05 Å². The highest BCUT2D eigenvalue weighted by Gasteiger charge is 2.39. The summed E-state index contributed by atoms with van der Waals surface area (Å²) in [4.78, 5) is 12.0. The molecule has 0 radical (unpaired) electrons. The predicted octanol–water partition coefficient (Wildman–Crippen LogP) is 5.23. The first-order chi connectivity index (χ1) is 11.4. The summed E-state index contributed by atoms with van der Waals surface area (Å²) in [5.74, 6) is -1.73. The van der Waals surface area contributed by atoms with Crippen LogP contribution in [-0.4, -0.2) is 21.9 Å². The molecule has 0 aliphatic heterocycles. The molecule has 2 aromatic rings. The van der Waals surface area contributed by atoms with E-state index in [1.54, 1.807) is 13.8 Å². The molecule has 2 rings (SSSR count). The molecule has 0 unspecified atom stereocenters. The van der Waals surface area contributed by atoms with Crippen LogP contribution in [0.15, 0.2) is 16.6 Å². The first-order valence-electron chi connectivity index (χ1n) is 6.93. The number of aryl methyl sites for hydroxylation is 1. The Morgan fingerprint density at radius 2 is 2.00 bits per heavy atom. The Bertz CT molecular complexity index is 834. The second kappa shape index (κ2) is 6.95. The highest BCUT2D eigenvalue weighted by Crippen LogP contribution is 2.41. The molecule has 0 spiro atoms. The summed E-state index contributed by atoms with van der Waals surface area (Å²) < 4.78 is 58.6. The number of hydrogen-bond acceptors (Lipinski definition) is 3. The molecule has 0 bridgehead atoms. The van der Waals surface area contributed by atoms with Crippen molar-refractivity contribution >= 4 is 33.5 Å². The molecule has 25 heavy (non-hydrogen) atoms. The number of hydrogen-bond donors (Lipinski definition) is 0. The van der Waals surface area contributed by atoms with Gasteiger partial charge in [0.2, 0.25) is 0 Å². The molecular weight excluding hydrogens is 436 g/mol. The molecule has 4 nitrogen and oxygen atoms in total. The summed E-state index contributed by atoms with van der Waals surface area (Å²) in [6.07, 6.45) is -5.14. The van der Waals surface area contributed by atoms with E-state index >= 15 is 0 Å². The van der Waals surface area contributed by atoms with Crippen LogP contribution in [0.3, 0.4) is 0 Å². The monoisotopic (exact) mass is 446 g/mol. The lowest BCUT2D eigenvalue weighted by Crippen LogP contribution is -2.12. The van der Waals surface area contributed by atoms with E-state index in [9.17, 15) is 22.4 Å². The van der Waals surface area contributed by atoms with E-state index in [0.717, 1.165) is 19.2 Å². The van der Waals surface area contributed by atoms with Crippen molar-refractivity contribution in [2.45, 2.75) is 26.1 Å². The second-order valence-electron chi connectivity index (χ2n) is 5.40. The zero-order valence-electron chi connectivity index (χ0n) is 13.2. The van der Waals surface area contributed by atoms with Gasteiger partial charge in [0.25, 0.3) is 0 Å². The van der Waals surface area contributed by atoms with Gasteiger partial charge in [-0.25, -0.2) is 9.18 Å². The molecule has 1 heterocycles. The van der Waals surface area contributed by atoms with Crippen molar-refractivity contribution in [3.8, 4) is 11.3 Å². The fourth-order valence-electron chi connectivity index (χ4n) is 2.14. The van der Waals surface area contributed by atoms with Crippen molar-refractivity contribution in [3.05, 3.63) is 38.7 Å². The third-order valence-electron chi connectivity index (χ3n) is 3.13. The smallest absolute Gasteiger partial charge is 0.434 e. The van der Waals surface area contributed by atoms with Crippen molar-refractivity contribution in [2.75, 3.05) is 0 Å². The molecule has 136 valence electrons. The van der Waals surface area contributed by atoms with E-state index in [1.165, 1.54) is 0 Å². The molecule has 0 N–H and O–H groups in total. The Labute approximate surface area is 153 Å². The van der Waals surface area contributed by atoms with Gasteiger partial charge in [0.15, 0.2) is 5.69 Å². The maximum absolute atomic E-state index is 14.3. The Morgan fingerprint density at radius 3 is 2.48 bits per heavy atom. The Kier molecular flexibility index (Phi) is 5.48. The molecule has 0 aliphatic carbocycles. The van der Waals surface area contributed by atoms with Gasteiger partial charge in [-0.15, -0.1) is 0 Å². The summed E-state index contributed by atoms with van der Waals surface area (Å²) in [6, 6.07) is 1.86. The maximum Gasteiger partial charge on any atom is 0.434 e. The van der Waals surface area contributed by atoms with Crippen LogP contribution in [0.2, 0.25) is 5.02 Å². The number of nitrogens with zero attached hydrogens (tertiary/aromatic N) is 2.